The third-order valence-electron chi connectivity index (χ3n) is 3.21. The Bertz CT molecular complexity index is 403. The Morgan fingerprint density at radius 2 is 2.00 bits per heavy atom. The lowest BCUT2D eigenvalue weighted by Crippen LogP contribution is -2.67. The summed E-state index contributed by atoms with van der Waals surface area (Å²) in [4.78, 5) is 22.1. The van der Waals surface area contributed by atoms with Crippen molar-refractivity contribution >= 4 is 11.9 Å². The molecule has 0 aromatic carbocycles. The van der Waals surface area contributed by atoms with Crippen LogP contribution < -0.4 is 5.32 Å². The summed E-state index contributed by atoms with van der Waals surface area (Å²) < 4.78 is 4.86. The Balaban J connectivity index is 3.07. The number of aliphatic hydroxyl groups is 5. The van der Waals surface area contributed by atoms with Crippen molar-refractivity contribution in [2.24, 2.45) is 0 Å². The van der Waals surface area contributed by atoms with E-state index in [2.05, 4.69) is 5.32 Å². The van der Waals surface area contributed by atoms with E-state index in [-0.39, 0.29) is 0 Å². The zero-order chi connectivity index (χ0) is 16.4. The van der Waals surface area contributed by atoms with Gasteiger partial charge in [0, 0.05) is 13.3 Å². The second-order valence-corrected chi connectivity index (χ2v) is 4.91. The number of amides is 1. The Morgan fingerprint density at radius 1 is 1.43 bits per heavy atom. The molecule has 1 heterocycles. The first-order chi connectivity index (χ1) is 9.62. The standard InChI is InChI=1S/C11H19NO9/c1-4(14)12-7-5(15)2-11(20,10(18)19)21-9(7)8(17)6(16)3-13/h5-9,13,15-17,20H,2-3H2,1H3,(H,12,14)(H,18,19)/t5-,6-,7-,8-,9+,11-/m0/s1. The molecule has 0 spiro atoms. The molecule has 0 aromatic rings. The molecule has 0 unspecified atom stereocenters. The van der Waals surface area contributed by atoms with Crippen molar-refractivity contribution in [1.82, 2.24) is 5.32 Å². The number of carbonyl (C=O) groups excluding carboxylic acids is 1. The smallest absolute Gasteiger partial charge is 0.364 e. The largest absolute Gasteiger partial charge is 0.477 e. The molecule has 1 saturated heterocycles. The van der Waals surface area contributed by atoms with E-state index in [0.29, 0.717) is 0 Å². The molecule has 0 aromatic heterocycles. The molecule has 0 saturated carbocycles. The molecule has 0 radical (unpaired) electrons. The summed E-state index contributed by atoms with van der Waals surface area (Å²) in [5.41, 5.74) is 0. The van der Waals surface area contributed by atoms with Gasteiger partial charge in [0.1, 0.15) is 18.3 Å². The minimum Gasteiger partial charge on any atom is -0.477 e. The number of carbonyl (C=O) groups is 2. The molecule has 6 atom stereocenters. The highest BCUT2D eigenvalue weighted by atomic mass is 16.7. The van der Waals surface area contributed by atoms with Crippen molar-refractivity contribution in [3.63, 3.8) is 0 Å². The van der Waals surface area contributed by atoms with E-state index in [1.54, 1.807) is 0 Å². The van der Waals surface area contributed by atoms with E-state index in [9.17, 15) is 30.0 Å². The maximum Gasteiger partial charge on any atom is 0.364 e. The Labute approximate surface area is 119 Å². The van der Waals surface area contributed by atoms with E-state index in [0.717, 1.165) is 6.92 Å². The van der Waals surface area contributed by atoms with Gasteiger partial charge in [-0.1, -0.05) is 0 Å². The summed E-state index contributed by atoms with van der Waals surface area (Å²) in [6, 6.07) is -1.27. The van der Waals surface area contributed by atoms with Crippen molar-refractivity contribution < 1.29 is 45.0 Å². The van der Waals surface area contributed by atoms with Crippen LogP contribution in [0.4, 0.5) is 0 Å². The third-order valence-corrected chi connectivity index (χ3v) is 3.21. The molecule has 1 fully saturated rings. The average molecular weight is 309 g/mol. The van der Waals surface area contributed by atoms with E-state index >= 15 is 0 Å². The van der Waals surface area contributed by atoms with Crippen molar-refractivity contribution in [1.29, 1.82) is 0 Å². The molecule has 1 amide bonds. The van der Waals surface area contributed by atoms with E-state index in [4.69, 9.17) is 14.9 Å². The van der Waals surface area contributed by atoms with E-state index in [1.165, 1.54) is 0 Å². The summed E-state index contributed by atoms with van der Waals surface area (Å²) in [5.74, 6) is -5.17. The summed E-state index contributed by atoms with van der Waals surface area (Å²) in [7, 11) is 0. The zero-order valence-corrected chi connectivity index (χ0v) is 11.2. The molecule has 0 aliphatic carbocycles. The molecule has 21 heavy (non-hydrogen) atoms. The SMILES string of the molecule is CC(=O)N[C@@H]1[C@H]([C@@H](O)[C@@H](O)CO)O[C@](O)(C(=O)O)C[C@@H]1O. The number of aliphatic carboxylic acids is 1. The van der Waals surface area contributed by atoms with Gasteiger partial charge in [0.05, 0.1) is 18.8 Å². The van der Waals surface area contributed by atoms with Gasteiger partial charge in [-0.15, -0.1) is 0 Å². The van der Waals surface area contributed by atoms with Crippen LogP contribution in [0.5, 0.6) is 0 Å². The Hall–Kier alpha value is -1.30. The maximum absolute atomic E-state index is 11.1. The van der Waals surface area contributed by atoms with Crippen LogP contribution >= 0.6 is 0 Å². The number of nitrogens with one attached hydrogen (secondary N) is 1. The van der Waals surface area contributed by atoms with Crippen LogP contribution in [0.2, 0.25) is 0 Å². The lowest BCUT2D eigenvalue weighted by Gasteiger charge is -2.44. The fourth-order valence-electron chi connectivity index (χ4n) is 2.14. The highest BCUT2D eigenvalue weighted by Crippen LogP contribution is 2.30. The first-order valence-electron chi connectivity index (χ1n) is 6.18. The molecule has 0 bridgehead atoms. The number of carboxylic acid groups (broad SMARTS) is 1. The number of hydrogen-bond donors (Lipinski definition) is 7. The van der Waals surface area contributed by atoms with Gasteiger partial charge < -0.3 is 40.7 Å². The molecule has 1 aliphatic heterocycles. The highest BCUT2D eigenvalue weighted by Gasteiger charge is 2.53. The van der Waals surface area contributed by atoms with Gasteiger partial charge >= 0.3 is 5.97 Å². The fourth-order valence-corrected chi connectivity index (χ4v) is 2.14. The van der Waals surface area contributed by atoms with Crippen LogP contribution in [-0.4, -0.2) is 85.4 Å². The second kappa shape index (κ2) is 6.64. The maximum atomic E-state index is 11.1. The molecular weight excluding hydrogens is 290 g/mol. The topological polar surface area (TPSA) is 177 Å². The first kappa shape index (κ1) is 17.8. The number of rotatable bonds is 5. The van der Waals surface area contributed by atoms with Crippen LogP contribution in [0, 0.1) is 0 Å². The molecule has 1 rings (SSSR count). The third kappa shape index (κ3) is 3.87. The van der Waals surface area contributed by atoms with Gasteiger partial charge in [0.2, 0.25) is 5.91 Å². The zero-order valence-electron chi connectivity index (χ0n) is 11.2. The van der Waals surface area contributed by atoms with Gasteiger partial charge in [-0.05, 0) is 0 Å². The molecule has 7 N–H and O–H groups in total. The average Bonchev–Trinajstić information content (AvgIpc) is 2.39. The van der Waals surface area contributed by atoms with Gasteiger partial charge in [-0.3, -0.25) is 4.79 Å². The van der Waals surface area contributed by atoms with Gasteiger partial charge in [-0.25, -0.2) is 4.79 Å². The second-order valence-electron chi connectivity index (χ2n) is 4.91. The van der Waals surface area contributed by atoms with Crippen LogP contribution in [-0.2, 0) is 14.3 Å². The highest BCUT2D eigenvalue weighted by molar-refractivity contribution is 5.76. The summed E-state index contributed by atoms with van der Waals surface area (Å²) in [5, 5.41) is 59.0. The predicted molar refractivity (Wildman–Crippen MR) is 64.8 cm³/mol. The normalized spacial score (nSPS) is 35.8. The predicted octanol–water partition coefficient (Wildman–Crippen LogP) is -3.87. The van der Waals surface area contributed by atoms with Crippen molar-refractivity contribution in [2.45, 2.75) is 49.6 Å². The molecule has 1 aliphatic rings. The molecule has 122 valence electrons. The molecule has 10 heteroatoms. The minimum atomic E-state index is -2.78. The minimum absolute atomic E-state index is 0.598. The summed E-state index contributed by atoms with van der Waals surface area (Å²) in [6.45, 7) is 0.256. The van der Waals surface area contributed by atoms with Gasteiger partial charge in [0.25, 0.3) is 5.79 Å². The molecule has 10 nitrogen and oxygen atoms in total. The number of carboxylic acids is 1. The quantitative estimate of drug-likeness (QED) is 0.268. The van der Waals surface area contributed by atoms with Crippen LogP contribution in [0.25, 0.3) is 0 Å². The van der Waals surface area contributed by atoms with E-state index in [1.807, 2.05) is 0 Å². The first-order valence-corrected chi connectivity index (χ1v) is 6.18. The van der Waals surface area contributed by atoms with Crippen molar-refractivity contribution in [3.05, 3.63) is 0 Å². The number of ether oxygens (including phenoxy) is 1. The Kier molecular flexibility index (Phi) is 5.61. The monoisotopic (exact) mass is 309 g/mol. The van der Waals surface area contributed by atoms with Crippen LogP contribution in [0.3, 0.4) is 0 Å². The number of aliphatic hydroxyl groups excluding tert-OH is 4. The van der Waals surface area contributed by atoms with E-state index < -0.39 is 61.1 Å². The molecular formula is C11H19NO9. The lowest BCUT2D eigenvalue weighted by molar-refractivity contribution is -0.295. The van der Waals surface area contributed by atoms with Crippen molar-refractivity contribution in [2.75, 3.05) is 6.61 Å². The van der Waals surface area contributed by atoms with Crippen LogP contribution in [0.15, 0.2) is 0 Å². The lowest BCUT2D eigenvalue weighted by atomic mass is 9.88. The Morgan fingerprint density at radius 3 is 2.43 bits per heavy atom. The fraction of sp³-hybridized carbons (Fsp3) is 0.818. The summed E-state index contributed by atoms with van der Waals surface area (Å²) >= 11 is 0. The number of hydrogen-bond acceptors (Lipinski definition) is 8. The van der Waals surface area contributed by atoms with Crippen LogP contribution in [0.1, 0.15) is 13.3 Å². The summed E-state index contributed by atoms with van der Waals surface area (Å²) in [6.07, 6.45) is -7.48. The van der Waals surface area contributed by atoms with Gasteiger partial charge in [-0.2, -0.15) is 0 Å². The van der Waals surface area contributed by atoms with Crippen molar-refractivity contribution in [3.8, 4) is 0 Å². The van der Waals surface area contributed by atoms with Gasteiger partial charge in [0.15, 0.2) is 0 Å².